The molecule has 0 saturated carbocycles. The van der Waals surface area contributed by atoms with E-state index >= 15 is 0 Å². The van der Waals surface area contributed by atoms with E-state index in [-0.39, 0.29) is 36.2 Å². The highest BCUT2D eigenvalue weighted by Crippen LogP contribution is 2.15. The summed E-state index contributed by atoms with van der Waals surface area (Å²) >= 11 is 0. The van der Waals surface area contributed by atoms with Crippen LogP contribution in [0.4, 0.5) is 0 Å². The Labute approximate surface area is 420 Å². The first-order chi connectivity index (χ1) is 32.4. The minimum Gasteiger partial charge on any atom is -0.463 e. The van der Waals surface area contributed by atoms with Crippen LogP contribution in [0.2, 0.25) is 0 Å². The summed E-state index contributed by atoms with van der Waals surface area (Å²) in [7, 11) is 0. The fourth-order valence-electron chi connectivity index (χ4n) is 7.44. The van der Waals surface area contributed by atoms with Crippen molar-refractivity contribution in [1.82, 2.24) is 0 Å². The molecule has 0 unspecified atom stereocenters. The van der Waals surface area contributed by atoms with Gasteiger partial charge in [-0.05, 0) is 87.0 Å². The molecule has 0 aromatic heterocycles. The van der Waals surface area contributed by atoms with Crippen LogP contribution in [0.5, 0.6) is 0 Å². The molecule has 0 fully saturated rings. The van der Waals surface area contributed by atoms with E-state index in [0.29, 0.717) is 19.3 Å². The van der Waals surface area contributed by atoms with Crippen molar-refractivity contribution in [1.29, 1.82) is 0 Å². The predicted octanol–water partition coefficient (Wildman–Crippen LogP) is 20.4. The number of carbonyl (C=O) groups excluding carboxylic acids is 3. The van der Waals surface area contributed by atoms with Crippen LogP contribution >= 0.6 is 0 Å². The Morgan fingerprint density at radius 3 is 0.761 bits per heavy atom. The molecular weight excluding hydrogens is 829 g/mol. The fraction of sp³-hybridized carbons (Fsp3) is 0.869. The largest absolute Gasteiger partial charge is 0.463 e. The third-order valence-electron chi connectivity index (χ3n) is 11.3. The Morgan fingerprint density at radius 1 is 0.328 bits per heavy atom. The second-order valence-electron chi connectivity index (χ2n) is 19.7. The minimum absolute atomic E-state index is 0.0273. The molecule has 0 N–H and O–H groups in total. The van der Waals surface area contributed by atoms with E-state index in [1.165, 1.54) is 205 Å². The standard InChI is InChI=1S/C19H38O2.C17H34O2.C15H30O2.C10H17/c1-4-5-6-7-8-9-10-11-12-13-14-15-16-17-19(20)21-18(2)3;1-4-5-6-7-8-9-10-11-12-13-14-15-17(18)19-16(2)3;1-4-5-6-7-8-9-10-11-12-13-15(16)17-14(2)3;1-3-5-7-9-10-8-6-4-2/h18H,4-17H2,1-3H3;16H,4-15H2,1-3H3;14H,4-13H2,1-3H3;5,7-8,10H,1,3-4,6,9H2,2H3. The molecule has 399 valence electrons. The van der Waals surface area contributed by atoms with Gasteiger partial charge in [0.25, 0.3) is 0 Å². The van der Waals surface area contributed by atoms with Gasteiger partial charge in [0.05, 0.1) is 18.3 Å². The highest BCUT2D eigenvalue weighted by molar-refractivity contribution is 5.70. The molecule has 0 amide bonds. The monoisotopic (exact) mass is 948 g/mol. The minimum atomic E-state index is -0.0389. The Balaban J connectivity index is -0.000000406. The van der Waals surface area contributed by atoms with E-state index in [2.05, 4.69) is 58.9 Å². The average molecular weight is 949 g/mol. The molecule has 0 atom stereocenters. The van der Waals surface area contributed by atoms with E-state index in [0.717, 1.165) is 32.1 Å². The lowest BCUT2D eigenvalue weighted by Gasteiger charge is -2.07. The molecule has 0 heterocycles. The molecule has 1 radical (unpaired) electrons. The predicted molar refractivity (Wildman–Crippen MR) is 295 cm³/mol. The van der Waals surface area contributed by atoms with Gasteiger partial charge in [-0.2, -0.15) is 0 Å². The number of hydrogen-bond acceptors (Lipinski definition) is 6. The van der Waals surface area contributed by atoms with Crippen LogP contribution in [0.15, 0.2) is 24.3 Å². The summed E-state index contributed by atoms with van der Waals surface area (Å²) < 4.78 is 15.3. The topological polar surface area (TPSA) is 78.9 Å². The van der Waals surface area contributed by atoms with Crippen LogP contribution in [-0.2, 0) is 28.6 Å². The van der Waals surface area contributed by atoms with Gasteiger partial charge < -0.3 is 14.2 Å². The molecule has 0 aliphatic heterocycles. The molecule has 0 bridgehead atoms. The van der Waals surface area contributed by atoms with Crippen molar-refractivity contribution in [2.75, 3.05) is 0 Å². The summed E-state index contributed by atoms with van der Waals surface area (Å²) in [5.41, 5.74) is 0. The number of ether oxygens (including phenoxy) is 3. The number of carbonyl (C=O) groups is 3. The normalized spacial score (nSPS) is 11.1. The van der Waals surface area contributed by atoms with Gasteiger partial charge in [-0.25, -0.2) is 0 Å². The zero-order chi connectivity index (χ0) is 50.7. The molecule has 6 nitrogen and oxygen atoms in total. The van der Waals surface area contributed by atoms with Crippen molar-refractivity contribution in [2.45, 2.75) is 344 Å². The summed E-state index contributed by atoms with van der Waals surface area (Å²) in [4.78, 5) is 33.9. The average Bonchev–Trinajstić information content (AvgIpc) is 3.27. The quantitative estimate of drug-likeness (QED) is 0.0262. The number of hydrogen-bond donors (Lipinski definition) is 0. The SMILES string of the molecule is CCCCCCCCCCCC(=O)OC(C)C.CCCCCCCCCCCCCC(=O)OC(C)C.CCCCCCCCCCCCCCCC(=O)OC(C)C.[CH2]CC=CCC=CCCC. The Morgan fingerprint density at radius 2 is 0.552 bits per heavy atom. The smallest absolute Gasteiger partial charge is 0.306 e. The second kappa shape index (κ2) is 63.9. The lowest BCUT2D eigenvalue weighted by Crippen LogP contribution is -2.10. The molecule has 67 heavy (non-hydrogen) atoms. The van der Waals surface area contributed by atoms with Crippen molar-refractivity contribution in [3.63, 3.8) is 0 Å². The lowest BCUT2D eigenvalue weighted by molar-refractivity contribution is -0.148. The zero-order valence-corrected chi connectivity index (χ0v) is 47.0. The van der Waals surface area contributed by atoms with Crippen molar-refractivity contribution >= 4 is 17.9 Å². The van der Waals surface area contributed by atoms with Gasteiger partial charge in [-0.15, -0.1) is 0 Å². The Kier molecular flexibility index (Phi) is 68.1. The van der Waals surface area contributed by atoms with Gasteiger partial charge in [-0.1, -0.05) is 251 Å². The third kappa shape index (κ3) is 78.3. The van der Waals surface area contributed by atoms with Gasteiger partial charge in [0.1, 0.15) is 0 Å². The summed E-state index contributed by atoms with van der Waals surface area (Å²) in [6, 6.07) is 0. The number of rotatable bonds is 44. The molecule has 0 saturated heterocycles. The number of unbranched alkanes of at least 4 members (excludes halogenated alkanes) is 31. The molecule has 0 aliphatic rings. The number of allylic oxidation sites excluding steroid dienone is 4. The van der Waals surface area contributed by atoms with Crippen LogP contribution in [0, 0.1) is 6.92 Å². The maximum atomic E-state index is 11.3. The van der Waals surface area contributed by atoms with Gasteiger partial charge in [0.15, 0.2) is 0 Å². The van der Waals surface area contributed by atoms with Gasteiger partial charge in [0, 0.05) is 19.3 Å². The highest BCUT2D eigenvalue weighted by atomic mass is 16.5. The molecule has 0 aromatic rings. The first kappa shape index (κ1) is 71.4. The fourth-order valence-corrected chi connectivity index (χ4v) is 7.44. The zero-order valence-electron chi connectivity index (χ0n) is 47.0. The maximum absolute atomic E-state index is 11.3. The van der Waals surface area contributed by atoms with Gasteiger partial charge in [-0.3, -0.25) is 14.4 Å². The van der Waals surface area contributed by atoms with Gasteiger partial charge in [0.2, 0.25) is 0 Å². The van der Waals surface area contributed by atoms with Crippen molar-refractivity contribution in [3.8, 4) is 0 Å². The van der Waals surface area contributed by atoms with Crippen molar-refractivity contribution in [2.24, 2.45) is 0 Å². The lowest BCUT2D eigenvalue weighted by atomic mass is 10.0. The summed E-state index contributed by atoms with van der Waals surface area (Å²) in [6.07, 6.45) is 58.4. The molecule has 0 spiro atoms. The molecule has 0 rings (SSSR count). The van der Waals surface area contributed by atoms with E-state index in [1.54, 1.807) is 0 Å². The molecular formula is C61H119O6. The molecule has 0 aromatic carbocycles. The summed E-state index contributed by atoms with van der Waals surface area (Å²) in [5.74, 6) is -0.109. The Hall–Kier alpha value is -2.11. The number of esters is 3. The van der Waals surface area contributed by atoms with E-state index < -0.39 is 0 Å². The first-order valence-corrected chi connectivity index (χ1v) is 29.1. The highest BCUT2D eigenvalue weighted by Gasteiger charge is 2.06. The first-order valence-electron chi connectivity index (χ1n) is 29.1. The van der Waals surface area contributed by atoms with Crippen molar-refractivity contribution in [3.05, 3.63) is 31.2 Å². The molecule has 0 aliphatic carbocycles. The van der Waals surface area contributed by atoms with Crippen LogP contribution in [0.1, 0.15) is 326 Å². The van der Waals surface area contributed by atoms with Crippen molar-refractivity contribution < 1.29 is 28.6 Å². The summed E-state index contributed by atoms with van der Waals surface area (Å²) in [6.45, 7) is 24.1. The van der Waals surface area contributed by atoms with E-state index in [9.17, 15) is 14.4 Å². The van der Waals surface area contributed by atoms with Crippen LogP contribution in [-0.4, -0.2) is 36.2 Å². The maximum Gasteiger partial charge on any atom is 0.306 e. The third-order valence-corrected chi connectivity index (χ3v) is 11.3. The van der Waals surface area contributed by atoms with Gasteiger partial charge >= 0.3 is 17.9 Å². The van der Waals surface area contributed by atoms with E-state index in [4.69, 9.17) is 14.2 Å². The van der Waals surface area contributed by atoms with Crippen LogP contribution < -0.4 is 0 Å². The second-order valence-corrected chi connectivity index (χ2v) is 19.7. The molecule has 6 heteroatoms. The Bertz CT molecular complexity index is 1010. The summed E-state index contributed by atoms with van der Waals surface area (Å²) in [5, 5.41) is 0. The van der Waals surface area contributed by atoms with E-state index in [1.807, 2.05) is 41.5 Å². The van der Waals surface area contributed by atoms with Crippen LogP contribution in [0.25, 0.3) is 0 Å². The van der Waals surface area contributed by atoms with Crippen LogP contribution in [0.3, 0.4) is 0 Å².